The molecule has 7 heteroatoms. The van der Waals surface area contributed by atoms with Crippen molar-refractivity contribution in [3.63, 3.8) is 0 Å². The fraction of sp³-hybridized carbons (Fsp3) is 0.304. The lowest BCUT2D eigenvalue weighted by Gasteiger charge is -2.15. The zero-order valence-corrected chi connectivity index (χ0v) is 18.5. The smallest absolute Gasteiger partial charge is 0.341 e. The molecule has 3 aromatic rings. The van der Waals surface area contributed by atoms with Crippen LogP contribution in [0.3, 0.4) is 0 Å². The SMILES string of the molecule is CC(C)OC(=O)c1c(NC(=S)Nc2ccc(F)c3ccccc23)sc2c1CCCC2. The monoisotopic (exact) mass is 442 g/mol. The van der Waals surface area contributed by atoms with Gasteiger partial charge in [0.1, 0.15) is 10.8 Å². The van der Waals surface area contributed by atoms with Gasteiger partial charge in [-0.2, -0.15) is 0 Å². The molecule has 30 heavy (non-hydrogen) atoms. The van der Waals surface area contributed by atoms with Crippen molar-refractivity contribution in [2.24, 2.45) is 0 Å². The summed E-state index contributed by atoms with van der Waals surface area (Å²) in [5.74, 6) is -0.596. The predicted molar refractivity (Wildman–Crippen MR) is 125 cm³/mol. The summed E-state index contributed by atoms with van der Waals surface area (Å²) >= 11 is 7.09. The van der Waals surface area contributed by atoms with Gasteiger partial charge in [0, 0.05) is 21.3 Å². The molecule has 1 aliphatic rings. The van der Waals surface area contributed by atoms with Crippen molar-refractivity contribution in [2.45, 2.75) is 45.6 Å². The van der Waals surface area contributed by atoms with Gasteiger partial charge in [0.25, 0.3) is 0 Å². The van der Waals surface area contributed by atoms with Crippen molar-refractivity contribution >= 4 is 56.1 Å². The second kappa shape index (κ2) is 8.70. The van der Waals surface area contributed by atoms with Gasteiger partial charge >= 0.3 is 5.97 Å². The Kier molecular flexibility index (Phi) is 6.01. The fourth-order valence-electron chi connectivity index (χ4n) is 3.77. The first-order valence-corrected chi connectivity index (χ1v) is 11.3. The highest BCUT2D eigenvalue weighted by molar-refractivity contribution is 7.80. The van der Waals surface area contributed by atoms with E-state index in [0.717, 1.165) is 36.6 Å². The quantitative estimate of drug-likeness (QED) is 0.367. The van der Waals surface area contributed by atoms with Gasteiger partial charge < -0.3 is 15.4 Å². The van der Waals surface area contributed by atoms with Crippen LogP contribution in [0.5, 0.6) is 0 Å². The molecule has 0 saturated heterocycles. The average Bonchev–Trinajstić information content (AvgIpc) is 3.07. The van der Waals surface area contributed by atoms with Crippen LogP contribution in [0.15, 0.2) is 36.4 Å². The van der Waals surface area contributed by atoms with Crippen molar-refractivity contribution in [3.8, 4) is 0 Å². The minimum Gasteiger partial charge on any atom is -0.459 e. The van der Waals surface area contributed by atoms with E-state index < -0.39 is 0 Å². The number of esters is 1. The molecule has 0 fully saturated rings. The Labute approximate surface area is 184 Å². The zero-order valence-electron chi connectivity index (χ0n) is 16.9. The summed E-state index contributed by atoms with van der Waals surface area (Å²) in [4.78, 5) is 14.0. The van der Waals surface area contributed by atoms with E-state index in [1.165, 1.54) is 10.9 Å². The summed E-state index contributed by atoms with van der Waals surface area (Å²) in [6, 6.07) is 10.3. The molecule has 4 rings (SSSR count). The molecule has 0 saturated carbocycles. The van der Waals surface area contributed by atoms with E-state index in [9.17, 15) is 9.18 Å². The molecule has 1 heterocycles. The number of rotatable bonds is 4. The molecule has 156 valence electrons. The molecule has 2 N–H and O–H groups in total. The van der Waals surface area contributed by atoms with Gasteiger partial charge in [-0.05, 0) is 69.4 Å². The van der Waals surface area contributed by atoms with Crippen LogP contribution in [0.2, 0.25) is 0 Å². The molecule has 0 unspecified atom stereocenters. The maximum absolute atomic E-state index is 14.1. The van der Waals surface area contributed by atoms with Crippen LogP contribution in [0, 0.1) is 5.82 Å². The normalized spacial score (nSPS) is 13.2. The van der Waals surface area contributed by atoms with Crippen LogP contribution in [0.4, 0.5) is 15.1 Å². The number of halogens is 1. The Morgan fingerprint density at radius 1 is 1.10 bits per heavy atom. The topological polar surface area (TPSA) is 50.4 Å². The molecule has 4 nitrogen and oxygen atoms in total. The van der Waals surface area contributed by atoms with E-state index in [4.69, 9.17) is 17.0 Å². The molecule has 0 aliphatic heterocycles. The molecule has 0 bridgehead atoms. The van der Waals surface area contributed by atoms with Crippen LogP contribution in [0.1, 0.15) is 47.5 Å². The van der Waals surface area contributed by atoms with Crippen LogP contribution >= 0.6 is 23.6 Å². The maximum Gasteiger partial charge on any atom is 0.341 e. The summed E-state index contributed by atoms with van der Waals surface area (Å²) in [6.07, 6.45) is 3.83. The number of fused-ring (bicyclic) bond motifs is 2. The Hall–Kier alpha value is -2.51. The minimum absolute atomic E-state index is 0.194. The number of anilines is 2. The van der Waals surface area contributed by atoms with Gasteiger partial charge in [-0.25, -0.2) is 9.18 Å². The van der Waals surface area contributed by atoms with Crippen LogP contribution < -0.4 is 10.6 Å². The number of benzene rings is 2. The number of thiophene rings is 1. The number of hydrogen-bond acceptors (Lipinski definition) is 4. The van der Waals surface area contributed by atoms with Gasteiger partial charge in [-0.3, -0.25) is 0 Å². The Morgan fingerprint density at radius 3 is 2.60 bits per heavy atom. The van der Waals surface area contributed by atoms with E-state index in [0.29, 0.717) is 26.8 Å². The summed E-state index contributed by atoms with van der Waals surface area (Å²) in [5.41, 5.74) is 2.38. The second-order valence-corrected chi connectivity index (χ2v) is 9.10. The van der Waals surface area contributed by atoms with Gasteiger partial charge in [0.2, 0.25) is 0 Å². The number of carbonyl (C=O) groups is 1. The summed E-state index contributed by atoms with van der Waals surface area (Å²) < 4.78 is 19.6. The van der Waals surface area contributed by atoms with Gasteiger partial charge in [-0.1, -0.05) is 24.3 Å². The third kappa shape index (κ3) is 4.18. The summed E-state index contributed by atoms with van der Waals surface area (Å²) in [5, 5.41) is 8.67. The van der Waals surface area contributed by atoms with E-state index >= 15 is 0 Å². The molecule has 0 radical (unpaired) electrons. The Bertz CT molecular complexity index is 1120. The molecule has 0 atom stereocenters. The largest absolute Gasteiger partial charge is 0.459 e. The maximum atomic E-state index is 14.1. The Balaban J connectivity index is 1.62. The second-order valence-electron chi connectivity index (χ2n) is 7.59. The third-order valence-corrected chi connectivity index (χ3v) is 6.48. The molecule has 0 amide bonds. The van der Waals surface area contributed by atoms with E-state index in [2.05, 4.69) is 10.6 Å². The molecule has 0 spiro atoms. The summed E-state index contributed by atoms with van der Waals surface area (Å²) in [7, 11) is 0. The van der Waals surface area contributed by atoms with Gasteiger partial charge in [0.15, 0.2) is 5.11 Å². The highest BCUT2D eigenvalue weighted by Crippen LogP contribution is 2.39. The number of hydrogen-bond donors (Lipinski definition) is 2. The molecule has 2 aromatic carbocycles. The number of carbonyl (C=O) groups excluding carboxylic acids is 1. The van der Waals surface area contributed by atoms with E-state index in [1.54, 1.807) is 29.5 Å². The number of nitrogens with one attached hydrogen (secondary N) is 2. The third-order valence-electron chi connectivity index (χ3n) is 5.06. The van der Waals surface area contributed by atoms with Crippen molar-refractivity contribution in [3.05, 3.63) is 58.2 Å². The number of thiocarbonyl (C=S) groups is 1. The van der Waals surface area contributed by atoms with Crippen molar-refractivity contribution in [2.75, 3.05) is 10.6 Å². The summed E-state index contributed by atoms with van der Waals surface area (Å²) in [6.45, 7) is 3.69. The van der Waals surface area contributed by atoms with Crippen LogP contribution in [-0.2, 0) is 17.6 Å². The lowest BCUT2D eigenvalue weighted by Crippen LogP contribution is -2.21. The minimum atomic E-state index is -0.318. The lowest BCUT2D eigenvalue weighted by atomic mass is 9.95. The predicted octanol–water partition coefficient (Wildman–Crippen LogP) is 6.29. The molecule has 1 aromatic heterocycles. The number of ether oxygens (including phenoxy) is 1. The molecular formula is C23H23FN2O2S2. The highest BCUT2D eigenvalue weighted by atomic mass is 32.1. The Morgan fingerprint density at radius 2 is 1.83 bits per heavy atom. The standard InChI is InChI=1S/C23H23FN2O2S2/c1-13(2)28-22(27)20-16-9-5-6-10-19(16)30-21(20)26-23(29)25-18-12-11-17(24)14-7-3-4-8-15(14)18/h3-4,7-8,11-13H,5-6,9-10H2,1-2H3,(H2,25,26,29). The van der Waals surface area contributed by atoms with Crippen molar-refractivity contribution in [1.82, 2.24) is 0 Å². The molecular weight excluding hydrogens is 419 g/mol. The van der Waals surface area contributed by atoms with E-state index in [-0.39, 0.29) is 17.9 Å². The van der Waals surface area contributed by atoms with Crippen LogP contribution in [-0.4, -0.2) is 17.2 Å². The van der Waals surface area contributed by atoms with E-state index in [1.807, 2.05) is 26.0 Å². The zero-order chi connectivity index (χ0) is 21.3. The molecule has 1 aliphatic carbocycles. The highest BCUT2D eigenvalue weighted by Gasteiger charge is 2.27. The van der Waals surface area contributed by atoms with Crippen molar-refractivity contribution < 1.29 is 13.9 Å². The number of aryl methyl sites for hydroxylation is 1. The van der Waals surface area contributed by atoms with Gasteiger partial charge in [-0.15, -0.1) is 11.3 Å². The fourth-order valence-corrected chi connectivity index (χ4v) is 5.33. The first-order valence-electron chi connectivity index (χ1n) is 10.0. The lowest BCUT2D eigenvalue weighted by molar-refractivity contribution is 0.0378. The average molecular weight is 443 g/mol. The van der Waals surface area contributed by atoms with Crippen molar-refractivity contribution in [1.29, 1.82) is 0 Å². The first kappa shape index (κ1) is 20.8. The van der Waals surface area contributed by atoms with Crippen LogP contribution in [0.25, 0.3) is 10.8 Å². The van der Waals surface area contributed by atoms with Gasteiger partial charge in [0.05, 0.1) is 11.7 Å². The first-order chi connectivity index (χ1) is 14.4.